The van der Waals surface area contributed by atoms with Crippen LogP contribution in [0.5, 0.6) is 0 Å². The quantitative estimate of drug-likeness (QED) is 0.786. The van der Waals surface area contributed by atoms with Gasteiger partial charge in [-0.05, 0) is 37.5 Å². The molecule has 2 aliphatic carbocycles. The molecule has 2 saturated carbocycles. The summed E-state index contributed by atoms with van der Waals surface area (Å²) >= 11 is 5.97. The van der Waals surface area contributed by atoms with Gasteiger partial charge in [0.2, 0.25) is 5.91 Å². The van der Waals surface area contributed by atoms with Gasteiger partial charge in [-0.2, -0.15) is 0 Å². The predicted molar refractivity (Wildman–Crippen MR) is 103 cm³/mol. The summed E-state index contributed by atoms with van der Waals surface area (Å²) in [4.78, 5) is 12.8. The molecule has 140 valence electrons. The van der Waals surface area contributed by atoms with E-state index in [4.69, 9.17) is 22.1 Å². The van der Waals surface area contributed by atoms with E-state index in [1.807, 2.05) is 32.9 Å². The third kappa shape index (κ3) is 3.42. The average molecular weight is 387 g/mol. The summed E-state index contributed by atoms with van der Waals surface area (Å²) in [6.45, 7) is 7.27. The lowest BCUT2D eigenvalue weighted by atomic mass is 9.54. The van der Waals surface area contributed by atoms with Gasteiger partial charge in [-0.15, -0.1) is 12.4 Å². The summed E-state index contributed by atoms with van der Waals surface area (Å²) in [5, 5.41) is 3.84. The topological polar surface area (TPSA) is 64.3 Å². The number of rotatable bonds is 6. The first-order chi connectivity index (χ1) is 11.2. The van der Waals surface area contributed by atoms with Gasteiger partial charge in [0.1, 0.15) is 5.54 Å². The zero-order valence-corrected chi connectivity index (χ0v) is 16.7. The Labute approximate surface area is 161 Å². The van der Waals surface area contributed by atoms with E-state index in [1.54, 1.807) is 0 Å². The standard InChI is InChI=1S/C19H27ClN2O2.ClH/c1-4-24-15-11-19(21,17(15,2)3)16(23)22-12-18(9-10-18)13-5-7-14(20)8-6-13;/h5-8,15H,4,9-12,21H2,1-3H3,(H,22,23);1H. The van der Waals surface area contributed by atoms with E-state index in [0.29, 0.717) is 19.6 Å². The van der Waals surface area contributed by atoms with Crippen molar-refractivity contribution in [3.8, 4) is 0 Å². The van der Waals surface area contributed by atoms with Crippen LogP contribution in [0.4, 0.5) is 0 Å². The van der Waals surface area contributed by atoms with Crippen LogP contribution in [-0.2, 0) is 14.9 Å². The van der Waals surface area contributed by atoms with Gasteiger partial charge in [-0.1, -0.05) is 37.6 Å². The smallest absolute Gasteiger partial charge is 0.240 e. The Balaban J connectivity index is 0.00000225. The summed E-state index contributed by atoms with van der Waals surface area (Å²) in [6, 6.07) is 7.92. The van der Waals surface area contributed by atoms with Gasteiger partial charge in [-0.25, -0.2) is 0 Å². The van der Waals surface area contributed by atoms with Crippen LogP contribution in [0.1, 0.15) is 45.6 Å². The molecule has 25 heavy (non-hydrogen) atoms. The maximum Gasteiger partial charge on any atom is 0.240 e. The number of carbonyl (C=O) groups is 1. The van der Waals surface area contributed by atoms with Crippen LogP contribution in [0.3, 0.4) is 0 Å². The van der Waals surface area contributed by atoms with Gasteiger partial charge in [-0.3, -0.25) is 4.79 Å². The second-order valence-corrected chi connectivity index (χ2v) is 8.25. The van der Waals surface area contributed by atoms with Crippen molar-refractivity contribution in [1.29, 1.82) is 0 Å². The van der Waals surface area contributed by atoms with Crippen LogP contribution in [0, 0.1) is 5.41 Å². The number of hydrogen-bond acceptors (Lipinski definition) is 3. The molecule has 2 atom stereocenters. The third-order valence-corrected chi connectivity index (χ3v) is 6.38. The first-order valence-corrected chi connectivity index (χ1v) is 9.08. The average Bonchev–Trinajstić information content (AvgIpc) is 3.34. The number of halogens is 2. The molecule has 0 heterocycles. The van der Waals surface area contributed by atoms with Crippen LogP contribution in [0.15, 0.2) is 24.3 Å². The highest BCUT2D eigenvalue weighted by atomic mass is 35.5. The first kappa shape index (κ1) is 20.5. The van der Waals surface area contributed by atoms with Crippen molar-refractivity contribution in [1.82, 2.24) is 5.32 Å². The lowest BCUT2D eigenvalue weighted by Crippen LogP contribution is -2.76. The molecule has 6 heteroatoms. The normalized spacial score (nSPS) is 28.4. The van der Waals surface area contributed by atoms with Crippen molar-refractivity contribution >= 4 is 29.9 Å². The fourth-order valence-corrected chi connectivity index (χ4v) is 3.88. The molecular weight excluding hydrogens is 359 g/mol. The van der Waals surface area contributed by atoms with E-state index in [0.717, 1.165) is 17.9 Å². The minimum absolute atomic E-state index is 0. The van der Waals surface area contributed by atoms with Crippen LogP contribution < -0.4 is 11.1 Å². The lowest BCUT2D eigenvalue weighted by Gasteiger charge is -2.57. The summed E-state index contributed by atoms with van der Waals surface area (Å²) in [7, 11) is 0. The number of ether oxygens (including phenoxy) is 1. The molecule has 0 aromatic heterocycles. The Morgan fingerprint density at radius 2 is 1.92 bits per heavy atom. The molecule has 0 aliphatic heterocycles. The number of carbonyl (C=O) groups excluding carboxylic acids is 1. The zero-order chi connectivity index (χ0) is 17.6. The minimum atomic E-state index is -0.858. The van der Waals surface area contributed by atoms with E-state index in [-0.39, 0.29) is 35.2 Å². The predicted octanol–water partition coefficient (Wildman–Crippen LogP) is 3.44. The number of hydrogen-bond donors (Lipinski definition) is 2. The molecule has 4 nitrogen and oxygen atoms in total. The molecule has 3 N–H and O–H groups in total. The van der Waals surface area contributed by atoms with Gasteiger partial charge in [0.25, 0.3) is 0 Å². The summed E-state index contributed by atoms with van der Waals surface area (Å²) in [5.41, 5.74) is 6.51. The van der Waals surface area contributed by atoms with Crippen LogP contribution in [-0.4, -0.2) is 30.7 Å². The molecule has 2 aliphatic rings. The number of nitrogens with two attached hydrogens (primary N) is 1. The minimum Gasteiger partial charge on any atom is -0.378 e. The molecule has 2 fully saturated rings. The van der Waals surface area contributed by atoms with E-state index < -0.39 is 5.54 Å². The van der Waals surface area contributed by atoms with Crippen LogP contribution >= 0.6 is 24.0 Å². The fourth-order valence-electron chi connectivity index (χ4n) is 3.75. The fraction of sp³-hybridized carbons (Fsp3) is 0.632. The summed E-state index contributed by atoms with van der Waals surface area (Å²) < 4.78 is 5.70. The Morgan fingerprint density at radius 3 is 2.40 bits per heavy atom. The summed E-state index contributed by atoms with van der Waals surface area (Å²) in [6.07, 6.45) is 2.78. The maximum atomic E-state index is 12.8. The van der Waals surface area contributed by atoms with E-state index >= 15 is 0 Å². The molecule has 1 aromatic rings. The SMILES string of the molecule is CCOC1CC(N)(C(=O)NCC2(c3ccc(Cl)cc3)CC2)C1(C)C.Cl. The molecule has 0 saturated heterocycles. The molecule has 0 spiro atoms. The molecule has 2 unspecified atom stereocenters. The maximum absolute atomic E-state index is 12.8. The summed E-state index contributed by atoms with van der Waals surface area (Å²) in [5.74, 6) is -0.0660. The molecular formula is C19H28Cl2N2O2. The van der Waals surface area contributed by atoms with Gasteiger partial charge >= 0.3 is 0 Å². The van der Waals surface area contributed by atoms with Gasteiger partial charge in [0.15, 0.2) is 0 Å². The number of amides is 1. The van der Waals surface area contributed by atoms with E-state index in [9.17, 15) is 4.79 Å². The van der Waals surface area contributed by atoms with Crippen molar-refractivity contribution in [3.05, 3.63) is 34.9 Å². The lowest BCUT2D eigenvalue weighted by molar-refractivity contribution is -0.170. The van der Waals surface area contributed by atoms with Crippen molar-refractivity contribution in [2.75, 3.05) is 13.2 Å². The Hall–Kier alpha value is -0.810. The first-order valence-electron chi connectivity index (χ1n) is 8.70. The van der Waals surface area contributed by atoms with Crippen molar-refractivity contribution < 1.29 is 9.53 Å². The van der Waals surface area contributed by atoms with E-state index in [2.05, 4.69) is 17.4 Å². The molecule has 1 amide bonds. The Bertz CT molecular complexity index is 629. The van der Waals surface area contributed by atoms with Gasteiger partial charge in [0, 0.05) is 35.4 Å². The highest BCUT2D eigenvalue weighted by Gasteiger charge is 2.63. The second-order valence-electron chi connectivity index (χ2n) is 7.81. The molecule has 3 rings (SSSR count). The van der Waals surface area contributed by atoms with Gasteiger partial charge in [0.05, 0.1) is 6.10 Å². The Kier molecular flexibility index (Phi) is 5.80. The van der Waals surface area contributed by atoms with Crippen molar-refractivity contribution in [2.24, 2.45) is 11.1 Å². The van der Waals surface area contributed by atoms with Crippen LogP contribution in [0.25, 0.3) is 0 Å². The molecule has 1 aromatic carbocycles. The van der Waals surface area contributed by atoms with Gasteiger partial charge < -0.3 is 15.8 Å². The number of benzene rings is 1. The highest BCUT2D eigenvalue weighted by molar-refractivity contribution is 6.30. The van der Waals surface area contributed by atoms with Crippen molar-refractivity contribution in [2.45, 2.75) is 57.1 Å². The monoisotopic (exact) mass is 386 g/mol. The van der Waals surface area contributed by atoms with Crippen molar-refractivity contribution in [3.63, 3.8) is 0 Å². The third-order valence-electron chi connectivity index (χ3n) is 6.13. The Morgan fingerprint density at radius 1 is 1.32 bits per heavy atom. The number of nitrogens with one attached hydrogen (secondary N) is 1. The zero-order valence-electron chi connectivity index (χ0n) is 15.1. The van der Waals surface area contributed by atoms with E-state index in [1.165, 1.54) is 5.56 Å². The second kappa shape index (κ2) is 7.07. The largest absolute Gasteiger partial charge is 0.378 e. The molecule has 0 radical (unpaired) electrons. The molecule has 0 bridgehead atoms. The highest BCUT2D eigenvalue weighted by Crippen LogP contribution is 2.51. The van der Waals surface area contributed by atoms with Crippen LogP contribution in [0.2, 0.25) is 5.02 Å².